The van der Waals surface area contributed by atoms with Gasteiger partial charge >= 0.3 is 0 Å². The maximum Gasteiger partial charge on any atom is 0.164 e. The molecule has 1 fully saturated rings. The summed E-state index contributed by atoms with van der Waals surface area (Å²) in [6, 6.07) is 79.8. The predicted octanol–water partition coefficient (Wildman–Crippen LogP) is 17.0. The van der Waals surface area contributed by atoms with Crippen molar-refractivity contribution in [3.63, 3.8) is 0 Å². The van der Waals surface area contributed by atoms with Crippen LogP contribution < -0.4 is 0 Å². The maximum absolute atomic E-state index is 5.49. The zero-order chi connectivity index (χ0) is 45.0. The zero-order valence-corrected chi connectivity index (χ0v) is 38.5. The summed E-state index contributed by atoms with van der Waals surface area (Å²) >= 11 is 1.84. The van der Waals surface area contributed by atoms with Crippen molar-refractivity contribution in [1.82, 2.24) is 15.0 Å². The number of thiophene rings is 1. The Morgan fingerprint density at radius 3 is 1.53 bits per heavy atom. The molecule has 0 bridgehead atoms. The smallest absolute Gasteiger partial charge is 0.164 e. The minimum absolute atomic E-state index is 0.614. The van der Waals surface area contributed by atoms with Gasteiger partial charge in [0, 0.05) is 36.9 Å². The highest BCUT2D eigenvalue weighted by Crippen LogP contribution is 2.57. The quantitative estimate of drug-likeness (QED) is 0.153. The van der Waals surface area contributed by atoms with Crippen LogP contribution in [-0.2, 0) is 5.41 Å². The predicted molar refractivity (Wildman–Crippen MR) is 283 cm³/mol. The Bertz CT molecular complexity index is 3600. The Balaban J connectivity index is 0.966. The van der Waals surface area contributed by atoms with Crippen molar-refractivity contribution < 1.29 is 0 Å². The van der Waals surface area contributed by atoms with E-state index in [4.69, 9.17) is 15.0 Å². The first-order valence-corrected chi connectivity index (χ1v) is 24.8. The van der Waals surface area contributed by atoms with E-state index >= 15 is 0 Å². The molecule has 9 aromatic carbocycles. The summed E-state index contributed by atoms with van der Waals surface area (Å²) in [6.07, 6.45) is 6.47. The second-order valence-electron chi connectivity index (χ2n) is 18.5. The zero-order valence-electron chi connectivity index (χ0n) is 37.6. The lowest BCUT2D eigenvalue weighted by Crippen LogP contribution is -2.29. The van der Waals surface area contributed by atoms with Gasteiger partial charge in [0.15, 0.2) is 17.5 Å². The second-order valence-corrected chi connectivity index (χ2v) is 19.6. The van der Waals surface area contributed by atoms with E-state index in [1.54, 1.807) is 0 Å². The number of benzene rings is 9. The van der Waals surface area contributed by atoms with Crippen LogP contribution in [0, 0.1) is 0 Å². The molecule has 0 N–H and O–H groups in total. The SMILES string of the molecule is c1ccc(-c2ccc(-c3ccc4c(c3)sc3ccc(-c5nc(-c6ccc(C7CCCCC7)cc6)nc(-c6ccccc6C6(c7ccccc7)c7ccccc7-c7ccccc76)n5)cc34)cc2)cc1. The molecule has 2 aliphatic rings. The van der Waals surface area contributed by atoms with Crippen molar-refractivity contribution in [3.8, 4) is 67.5 Å². The summed E-state index contributed by atoms with van der Waals surface area (Å²) in [7, 11) is 0. The number of hydrogen-bond donors (Lipinski definition) is 0. The van der Waals surface area contributed by atoms with Crippen LogP contribution in [0.4, 0.5) is 0 Å². The minimum atomic E-state index is -0.614. The van der Waals surface area contributed by atoms with Crippen molar-refractivity contribution in [1.29, 1.82) is 0 Å². The summed E-state index contributed by atoms with van der Waals surface area (Å²) in [6.45, 7) is 0. The molecule has 2 heterocycles. The van der Waals surface area contributed by atoms with E-state index in [2.05, 4.69) is 218 Å². The number of nitrogens with zero attached hydrogens (tertiary/aromatic N) is 3. The average molecular weight is 890 g/mol. The van der Waals surface area contributed by atoms with Gasteiger partial charge < -0.3 is 0 Å². The molecule has 2 aliphatic carbocycles. The molecule has 13 rings (SSSR count). The summed E-state index contributed by atoms with van der Waals surface area (Å²) in [5.41, 5.74) is 16.0. The van der Waals surface area contributed by atoms with E-state index in [-0.39, 0.29) is 0 Å². The highest BCUT2D eigenvalue weighted by atomic mass is 32.1. The van der Waals surface area contributed by atoms with Crippen LogP contribution in [0.1, 0.15) is 65.8 Å². The molecular formula is C64H47N3S. The third-order valence-electron chi connectivity index (χ3n) is 14.7. The highest BCUT2D eigenvalue weighted by molar-refractivity contribution is 7.25. The fraction of sp³-hybridized carbons (Fsp3) is 0.109. The highest BCUT2D eigenvalue weighted by Gasteiger charge is 2.47. The fourth-order valence-corrected chi connectivity index (χ4v) is 12.5. The molecule has 0 saturated heterocycles. The minimum Gasteiger partial charge on any atom is -0.208 e. The Kier molecular flexibility index (Phi) is 10.0. The van der Waals surface area contributed by atoms with Crippen LogP contribution in [0.2, 0.25) is 0 Å². The van der Waals surface area contributed by atoms with Crippen LogP contribution >= 0.6 is 11.3 Å². The Morgan fingerprint density at radius 1 is 0.353 bits per heavy atom. The van der Waals surface area contributed by atoms with Gasteiger partial charge in [0.2, 0.25) is 0 Å². The summed E-state index contributed by atoms with van der Waals surface area (Å²) in [4.78, 5) is 16.3. The van der Waals surface area contributed by atoms with Crippen LogP contribution in [0.3, 0.4) is 0 Å². The van der Waals surface area contributed by atoms with Crippen molar-refractivity contribution in [2.24, 2.45) is 0 Å². The molecule has 4 heteroatoms. The summed E-state index contributed by atoms with van der Waals surface area (Å²) < 4.78 is 2.50. The van der Waals surface area contributed by atoms with E-state index in [0.717, 1.165) is 22.3 Å². The summed E-state index contributed by atoms with van der Waals surface area (Å²) in [5, 5.41) is 2.44. The van der Waals surface area contributed by atoms with Crippen molar-refractivity contribution in [2.75, 3.05) is 0 Å². The number of rotatable bonds is 8. The van der Waals surface area contributed by atoms with Gasteiger partial charge in [-0.25, -0.2) is 15.0 Å². The molecule has 0 aliphatic heterocycles. The monoisotopic (exact) mass is 889 g/mol. The topological polar surface area (TPSA) is 38.7 Å². The van der Waals surface area contributed by atoms with Gasteiger partial charge in [0.1, 0.15) is 0 Å². The van der Waals surface area contributed by atoms with E-state index in [9.17, 15) is 0 Å². The second kappa shape index (κ2) is 16.8. The largest absolute Gasteiger partial charge is 0.208 e. The first-order valence-electron chi connectivity index (χ1n) is 24.0. The lowest BCUT2D eigenvalue weighted by molar-refractivity contribution is 0.443. The average Bonchev–Trinajstić information content (AvgIpc) is 3.94. The molecule has 3 nitrogen and oxygen atoms in total. The standard InChI is InChI=1S/C64H47N3S/c1-4-16-42(17-5-1)44-28-30-46(31-29-44)48-36-38-53-55-40-49(37-39-59(55)68-60(53)41-48)62-65-61(47-34-32-45(33-35-47)43-18-6-2-7-19-43)66-63(67-62)54-24-12-15-27-58(54)64(50-20-8-3-9-21-50)56-25-13-10-22-51(56)52-23-11-14-26-57(52)64/h1,3-5,8-17,20-41,43H,2,6-7,18-19H2. The molecule has 1 saturated carbocycles. The molecule has 0 radical (unpaired) electrons. The van der Waals surface area contributed by atoms with Gasteiger partial charge in [0.25, 0.3) is 0 Å². The summed E-state index contributed by atoms with van der Waals surface area (Å²) in [5.74, 6) is 2.61. The Morgan fingerprint density at radius 2 is 0.853 bits per heavy atom. The van der Waals surface area contributed by atoms with Gasteiger partial charge in [-0.05, 0) is 104 Å². The van der Waals surface area contributed by atoms with Crippen LogP contribution in [-0.4, -0.2) is 15.0 Å². The lowest BCUT2D eigenvalue weighted by atomic mass is 9.66. The molecule has 324 valence electrons. The third kappa shape index (κ3) is 6.81. The third-order valence-corrected chi connectivity index (χ3v) is 15.8. The number of fused-ring (bicyclic) bond motifs is 6. The molecule has 2 aromatic heterocycles. The fourth-order valence-electron chi connectivity index (χ4n) is 11.4. The molecule has 11 aromatic rings. The number of hydrogen-bond acceptors (Lipinski definition) is 4. The van der Waals surface area contributed by atoms with E-state index in [1.165, 1.54) is 108 Å². The number of aromatic nitrogens is 3. The molecule has 0 atom stereocenters. The molecular weight excluding hydrogens is 843 g/mol. The lowest BCUT2D eigenvalue weighted by Gasteiger charge is -2.35. The Labute approximate surface area is 401 Å². The molecule has 0 spiro atoms. The molecule has 0 unspecified atom stereocenters. The maximum atomic E-state index is 5.49. The van der Waals surface area contributed by atoms with E-state index < -0.39 is 5.41 Å². The normalized spacial score (nSPS) is 14.2. The first kappa shape index (κ1) is 40.5. The van der Waals surface area contributed by atoms with Gasteiger partial charge in [-0.1, -0.05) is 213 Å². The van der Waals surface area contributed by atoms with Crippen molar-refractivity contribution in [3.05, 3.63) is 246 Å². The van der Waals surface area contributed by atoms with Gasteiger partial charge in [-0.2, -0.15) is 0 Å². The van der Waals surface area contributed by atoms with E-state index in [0.29, 0.717) is 23.4 Å². The Hall–Kier alpha value is -7.79. The van der Waals surface area contributed by atoms with Crippen LogP contribution in [0.25, 0.3) is 87.7 Å². The van der Waals surface area contributed by atoms with Crippen molar-refractivity contribution in [2.45, 2.75) is 43.4 Å². The molecule has 68 heavy (non-hydrogen) atoms. The molecule has 0 amide bonds. The van der Waals surface area contributed by atoms with Gasteiger partial charge in [-0.15, -0.1) is 11.3 Å². The first-order chi connectivity index (χ1) is 33.7. The van der Waals surface area contributed by atoms with E-state index in [1.807, 2.05) is 11.3 Å². The van der Waals surface area contributed by atoms with Crippen LogP contribution in [0.15, 0.2) is 218 Å². The van der Waals surface area contributed by atoms with Crippen molar-refractivity contribution >= 4 is 31.5 Å². The van der Waals surface area contributed by atoms with Gasteiger partial charge in [0.05, 0.1) is 5.41 Å². The van der Waals surface area contributed by atoms with Crippen LogP contribution in [0.5, 0.6) is 0 Å². The van der Waals surface area contributed by atoms with Gasteiger partial charge in [-0.3, -0.25) is 0 Å².